The molecule has 13 heteroatoms. The zero-order chi connectivity index (χ0) is 27.3. The minimum absolute atomic E-state index is 0.0274. The van der Waals surface area contributed by atoms with E-state index in [0.29, 0.717) is 35.0 Å². The zero-order valence-electron chi connectivity index (χ0n) is 21.8. The number of phosphoric acid groups is 1. The smallest absolute Gasteiger partial charge is 0.479 e. The van der Waals surface area contributed by atoms with E-state index >= 15 is 0 Å². The Balaban J connectivity index is 1.39. The van der Waals surface area contributed by atoms with E-state index in [0.717, 1.165) is 11.8 Å². The van der Waals surface area contributed by atoms with Gasteiger partial charge in [0.1, 0.15) is 5.75 Å². The number of nitrogen functional groups attached to an aromatic ring is 1. The van der Waals surface area contributed by atoms with E-state index in [4.69, 9.17) is 24.0 Å². The molecule has 0 spiro atoms. The van der Waals surface area contributed by atoms with E-state index in [2.05, 4.69) is 15.0 Å². The largest absolute Gasteiger partial charge is 0.530 e. The fraction of sp³-hybridized carbons (Fsp3) is 0.440. The van der Waals surface area contributed by atoms with Crippen molar-refractivity contribution >= 4 is 41.8 Å². The summed E-state index contributed by atoms with van der Waals surface area (Å²) in [6.45, 7) is 5.69. The van der Waals surface area contributed by atoms with Crippen LogP contribution in [0.4, 0.5) is 5.95 Å². The van der Waals surface area contributed by atoms with Crippen LogP contribution in [0.1, 0.15) is 33.2 Å². The van der Waals surface area contributed by atoms with Gasteiger partial charge in [0.25, 0.3) is 0 Å². The van der Waals surface area contributed by atoms with Crippen molar-refractivity contribution in [1.29, 1.82) is 0 Å². The first kappa shape index (κ1) is 28.1. The summed E-state index contributed by atoms with van der Waals surface area (Å²) < 4.78 is 37.7. The summed E-state index contributed by atoms with van der Waals surface area (Å²) in [6, 6.07) is 8.64. The topological polar surface area (TPSA) is 141 Å². The molecule has 0 fully saturated rings. The highest BCUT2D eigenvalue weighted by Crippen LogP contribution is 2.50. The molecule has 0 saturated heterocycles. The third-order valence-electron chi connectivity index (χ3n) is 5.69. The molecule has 11 nitrogen and oxygen atoms in total. The molecule has 0 radical (unpaired) electrons. The molecule has 2 N–H and O–H groups in total. The predicted molar refractivity (Wildman–Crippen MR) is 146 cm³/mol. The first-order valence-electron chi connectivity index (χ1n) is 12.1. The summed E-state index contributed by atoms with van der Waals surface area (Å²) in [4.78, 5) is 25.0. The Kier molecular flexibility index (Phi) is 8.77. The third-order valence-corrected chi connectivity index (χ3v) is 8.34. The number of rotatable bonds is 11. The fourth-order valence-corrected chi connectivity index (χ4v) is 5.92. The number of carbonyl (C=O) groups excluding carboxylic acids is 1. The second-order valence-corrected chi connectivity index (χ2v) is 12.4. The minimum Gasteiger partial charge on any atom is -0.479 e. The fourth-order valence-electron chi connectivity index (χ4n) is 3.76. The molecule has 1 aliphatic carbocycles. The van der Waals surface area contributed by atoms with Crippen molar-refractivity contribution < 1.29 is 27.7 Å². The van der Waals surface area contributed by atoms with Gasteiger partial charge in [-0.2, -0.15) is 9.97 Å². The van der Waals surface area contributed by atoms with Gasteiger partial charge in [0.15, 0.2) is 16.3 Å². The molecule has 2 heterocycles. The van der Waals surface area contributed by atoms with Gasteiger partial charge in [0.2, 0.25) is 11.8 Å². The Morgan fingerprint density at radius 3 is 2.66 bits per heavy atom. The van der Waals surface area contributed by atoms with Crippen LogP contribution in [0.5, 0.6) is 11.6 Å². The van der Waals surface area contributed by atoms with Crippen LogP contribution >= 0.6 is 19.6 Å². The van der Waals surface area contributed by atoms with Crippen molar-refractivity contribution in [1.82, 2.24) is 19.5 Å². The van der Waals surface area contributed by atoms with Gasteiger partial charge in [-0.3, -0.25) is 13.8 Å². The molecule has 2 aromatic heterocycles. The zero-order valence-corrected chi connectivity index (χ0v) is 23.5. The van der Waals surface area contributed by atoms with Crippen molar-refractivity contribution in [3.05, 3.63) is 48.8 Å². The quantitative estimate of drug-likeness (QED) is 0.191. The monoisotopic (exact) mass is 561 g/mol. The average molecular weight is 562 g/mol. The Hall–Kier alpha value is -2.92. The molecule has 3 aromatic rings. The molecule has 4 rings (SSSR count). The van der Waals surface area contributed by atoms with Crippen LogP contribution in [0, 0.1) is 11.3 Å². The first-order valence-corrected chi connectivity index (χ1v) is 14.6. The van der Waals surface area contributed by atoms with Crippen molar-refractivity contribution in [2.24, 2.45) is 11.3 Å². The molecule has 3 atom stereocenters. The number of phosphoric ester groups is 1. The lowest BCUT2D eigenvalue weighted by molar-refractivity contribution is -0.117. The number of carbonyl (C=O) groups is 1. The number of anilines is 1. The summed E-state index contributed by atoms with van der Waals surface area (Å²) in [5, 5.41) is 0.0274. The van der Waals surface area contributed by atoms with Crippen LogP contribution in [-0.4, -0.2) is 50.7 Å². The number of nitrogens with zero attached hydrogens (tertiary/aromatic N) is 4. The molecule has 0 aliphatic heterocycles. The van der Waals surface area contributed by atoms with Gasteiger partial charge in [-0.1, -0.05) is 62.9 Å². The average Bonchev–Trinajstić information content (AvgIpc) is 3.52. The van der Waals surface area contributed by atoms with E-state index in [1.54, 1.807) is 30.6 Å². The van der Waals surface area contributed by atoms with E-state index in [-0.39, 0.29) is 36.2 Å². The first-order chi connectivity index (χ1) is 18.1. The minimum atomic E-state index is -3.96. The third kappa shape index (κ3) is 6.93. The van der Waals surface area contributed by atoms with Gasteiger partial charge in [0.05, 0.1) is 32.7 Å². The number of methoxy groups -OCH3 is 1. The lowest BCUT2D eigenvalue weighted by Gasteiger charge is -2.21. The number of hydrogen-bond acceptors (Lipinski definition) is 11. The number of imidazole rings is 1. The molecule has 1 aromatic carbocycles. The van der Waals surface area contributed by atoms with E-state index in [1.165, 1.54) is 7.11 Å². The van der Waals surface area contributed by atoms with Gasteiger partial charge in [-0.15, -0.1) is 0 Å². The number of allylic oxidation sites excluding steroid dienone is 1. The Morgan fingerprint density at radius 1 is 1.18 bits per heavy atom. The Labute approximate surface area is 225 Å². The lowest BCUT2D eigenvalue weighted by Crippen LogP contribution is -2.17. The van der Waals surface area contributed by atoms with Gasteiger partial charge < -0.3 is 19.6 Å². The van der Waals surface area contributed by atoms with Crippen LogP contribution in [0.15, 0.2) is 48.8 Å². The Bertz CT molecular complexity index is 1340. The highest BCUT2D eigenvalue weighted by Gasteiger charge is 2.32. The molecule has 204 valence electrons. The van der Waals surface area contributed by atoms with Crippen molar-refractivity contribution in [2.45, 2.75) is 33.2 Å². The van der Waals surface area contributed by atoms with Crippen molar-refractivity contribution in [3.63, 3.8) is 0 Å². The normalized spacial score (nSPS) is 18.9. The maximum absolute atomic E-state index is 13.5. The summed E-state index contributed by atoms with van der Waals surface area (Å²) in [6.07, 6.45) is 6.32. The molecule has 0 saturated carbocycles. The molecule has 38 heavy (non-hydrogen) atoms. The SMILES string of the molecule is COc1nc(N)nc2c1ncn2[C@H]1C=CC(COP(=O)(OCCSC(=O)C(C)(C)C)Oc2ccccc2)C1. The van der Waals surface area contributed by atoms with Gasteiger partial charge in [0, 0.05) is 17.1 Å². The second kappa shape index (κ2) is 11.9. The highest BCUT2D eigenvalue weighted by atomic mass is 32.2. The van der Waals surface area contributed by atoms with Crippen LogP contribution in [-0.2, 0) is 18.4 Å². The Morgan fingerprint density at radius 2 is 1.95 bits per heavy atom. The number of fused-ring (bicyclic) bond motifs is 1. The van der Waals surface area contributed by atoms with Crippen molar-refractivity contribution in [2.75, 3.05) is 31.8 Å². The van der Waals surface area contributed by atoms with Crippen LogP contribution in [0.3, 0.4) is 0 Å². The highest BCUT2D eigenvalue weighted by molar-refractivity contribution is 8.13. The van der Waals surface area contributed by atoms with Gasteiger partial charge in [-0.05, 0) is 18.6 Å². The van der Waals surface area contributed by atoms with Gasteiger partial charge >= 0.3 is 7.82 Å². The lowest BCUT2D eigenvalue weighted by atomic mass is 10.00. The molecule has 0 amide bonds. The van der Waals surface area contributed by atoms with E-state index < -0.39 is 13.2 Å². The maximum Gasteiger partial charge on any atom is 0.530 e. The summed E-state index contributed by atoms with van der Waals surface area (Å²) in [5.41, 5.74) is 6.45. The number of hydrogen-bond donors (Lipinski definition) is 1. The molecule has 2 unspecified atom stereocenters. The van der Waals surface area contributed by atoms with E-state index in [9.17, 15) is 9.36 Å². The number of aromatic nitrogens is 4. The van der Waals surface area contributed by atoms with Crippen LogP contribution in [0.25, 0.3) is 11.2 Å². The molecular weight excluding hydrogens is 529 g/mol. The second-order valence-electron chi connectivity index (χ2n) is 9.73. The van der Waals surface area contributed by atoms with Crippen LogP contribution < -0.4 is 15.0 Å². The number of benzene rings is 1. The predicted octanol–water partition coefficient (Wildman–Crippen LogP) is 5.06. The van der Waals surface area contributed by atoms with Crippen molar-refractivity contribution in [3.8, 4) is 11.6 Å². The summed E-state index contributed by atoms with van der Waals surface area (Å²) >= 11 is 1.13. The standard InChI is InChI=1S/C25H32N5O6PS/c1-25(2,3)23(31)38-13-12-34-37(32,36-19-8-6-5-7-9-19)35-15-17-10-11-18(14-17)30-16-27-20-21(30)28-24(26)29-22(20)33-4/h5-11,16-18H,12-15H2,1-4H3,(H2,26,28,29)/t17?,18-,37?/m0/s1. The van der Waals surface area contributed by atoms with Gasteiger partial charge in [-0.25, -0.2) is 9.55 Å². The maximum atomic E-state index is 13.5. The molecule has 0 bridgehead atoms. The summed E-state index contributed by atoms with van der Waals surface area (Å²) in [7, 11) is -2.46. The number of para-hydroxylation sites is 1. The number of thioether (sulfide) groups is 1. The molecular formula is C25H32N5O6PS. The summed E-state index contributed by atoms with van der Waals surface area (Å²) in [5.74, 6) is 1.04. The number of nitrogens with two attached hydrogens (primary N) is 1. The van der Waals surface area contributed by atoms with Crippen LogP contribution in [0.2, 0.25) is 0 Å². The number of ether oxygens (including phenoxy) is 1. The van der Waals surface area contributed by atoms with E-state index in [1.807, 2.05) is 43.6 Å². The molecule has 1 aliphatic rings.